The zero-order valence-corrected chi connectivity index (χ0v) is 13.6. The summed E-state index contributed by atoms with van der Waals surface area (Å²) in [5.41, 5.74) is 0. The molecule has 5 nitrogen and oxygen atoms in total. The average Bonchev–Trinajstić information content (AvgIpc) is 2.56. The van der Waals surface area contributed by atoms with Gasteiger partial charge in [-0.15, -0.1) is 0 Å². The van der Waals surface area contributed by atoms with Gasteiger partial charge in [0, 0.05) is 45.3 Å². The number of piperidine rings is 1. The van der Waals surface area contributed by atoms with Gasteiger partial charge in [0.1, 0.15) is 0 Å². The van der Waals surface area contributed by atoms with Gasteiger partial charge in [0.15, 0.2) is 5.82 Å². The molecule has 1 atom stereocenters. The lowest BCUT2D eigenvalue weighted by atomic mass is 9.89. The van der Waals surface area contributed by atoms with Crippen molar-refractivity contribution in [1.82, 2.24) is 19.8 Å². The molecule has 1 aromatic heterocycles. The molecule has 0 N–H and O–H groups in total. The summed E-state index contributed by atoms with van der Waals surface area (Å²) in [4.78, 5) is 15.4. The monoisotopic (exact) mass is 307 g/mol. The smallest absolute Gasteiger partial charge is 0.225 e. The predicted octanol–water partition coefficient (Wildman–Crippen LogP) is 1.47. The molecular formula is C16H26FN5. The van der Waals surface area contributed by atoms with Gasteiger partial charge in [0.05, 0.1) is 12.4 Å². The van der Waals surface area contributed by atoms with Crippen molar-refractivity contribution in [2.45, 2.75) is 25.8 Å². The van der Waals surface area contributed by atoms with Crippen LogP contribution in [0.1, 0.15) is 19.8 Å². The Morgan fingerprint density at radius 3 is 2.23 bits per heavy atom. The number of nitrogens with zero attached hydrogens (tertiary/aromatic N) is 5. The van der Waals surface area contributed by atoms with Crippen LogP contribution in [0.15, 0.2) is 12.4 Å². The van der Waals surface area contributed by atoms with E-state index in [2.05, 4.69) is 38.6 Å². The topological polar surface area (TPSA) is 35.5 Å². The van der Waals surface area contributed by atoms with Gasteiger partial charge in [-0.1, -0.05) is 0 Å². The van der Waals surface area contributed by atoms with Crippen LogP contribution >= 0.6 is 0 Å². The van der Waals surface area contributed by atoms with Crippen molar-refractivity contribution in [1.29, 1.82) is 0 Å². The number of rotatable bonds is 3. The molecule has 0 radical (unpaired) electrons. The van der Waals surface area contributed by atoms with Crippen LogP contribution in [0.3, 0.4) is 0 Å². The van der Waals surface area contributed by atoms with E-state index in [1.54, 1.807) is 0 Å². The Morgan fingerprint density at radius 1 is 1.05 bits per heavy atom. The minimum Gasteiger partial charge on any atom is -0.341 e. The number of aromatic nitrogens is 2. The molecule has 2 aliphatic rings. The Balaban J connectivity index is 1.51. The van der Waals surface area contributed by atoms with Gasteiger partial charge in [-0.25, -0.2) is 14.4 Å². The van der Waals surface area contributed by atoms with E-state index >= 15 is 0 Å². The molecule has 3 rings (SSSR count). The highest BCUT2D eigenvalue weighted by Crippen LogP contribution is 2.26. The number of likely N-dealkylation sites (N-methyl/N-ethyl adjacent to an activating group) is 1. The first-order chi connectivity index (χ1) is 10.6. The molecule has 0 aromatic carbocycles. The predicted molar refractivity (Wildman–Crippen MR) is 85.5 cm³/mol. The van der Waals surface area contributed by atoms with E-state index in [1.165, 1.54) is 38.6 Å². The van der Waals surface area contributed by atoms with Crippen LogP contribution in [0.25, 0.3) is 0 Å². The zero-order chi connectivity index (χ0) is 15.5. The van der Waals surface area contributed by atoms with Crippen molar-refractivity contribution in [3.8, 4) is 0 Å². The SMILES string of the molecule is CC(C1CCN(c2ncc(F)cn2)CC1)N1CCN(C)CC1. The molecule has 2 saturated heterocycles. The average molecular weight is 307 g/mol. The third kappa shape index (κ3) is 3.55. The van der Waals surface area contributed by atoms with E-state index in [9.17, 15) is 4.39 Å². The van der Waals surface area contributed by atoms with Gasteiger partial charge >= 0.3 is 0 Å². The first-order valence-electron chi connectivity index (χ1n) is 8.28. The Morgan fingerprint density at radius 2 is 1.64 bits per heavy atom. The fourth-order valence-electron chi connectivity index (χ4n) is 3.58. The fraction of sp³-hybridized carbons (Fsp3) is 0.750. The summed E-state index contributed by atoms with van der Waals surface area (Å²) >= 11 is 0. The fourth-order valence-corrected chi connectivity index (χ4v) is 3.58. The summed E-state index contributed by atoms with van der Waals surface area (Å²) in [7, 11) is 2.20. The lowest BCUT2D eigenvalue weighted by molar-refractivity contribution is 0.0813. The molecule has 3 heterocycles. The Bertz CT molecular complexity index is 464. The maximum atomic E-state index is 12.9. The van der Waals surface area contributed by atoms with Crippen LogP contribution in [0, 0.1) is 11.7 Å². The summed E-state index contributed by atoms with van der Waals surface area (Å²) in [6.07, 6.45) is 4.82. The summed E-state index contributed by atoms with van der Waals surface area (Å²) < 4.78 is 12.9. The largest absolute Gasteiger partial charge is 0.341 e. The van der Waals surface area contributed by atoms with Gasteiger partial charge in [0.2, 0.25) is 5.95 Å². The second-order valence-corrected chi connectivity index (χ2v) is 6.61. The van der Waals surface area contributed by atoms with Crippen LogP contribution in [-0.4, -0.2) is 72.1 Å². The summed E-state index contributed by atoms with van der Waals surface area (Å²) in [5.74, 6) is 1.02. The molecule has 0 aliphatic carbocycles. The van der Waals surface area contributed by atoms with E-state index in [1.807, 2.05) is 0 Å². The lowest BCUT2D eigenvalue weighted by Crippen LogP contribution is -2.51. The van der Waals surface area contributed by atoms with Crippen molar-refractivity contribution in [2.24, 2.45) is 5.92 Å². The molecule has 0 bridgehead atoms. The summed E-state index contributed by atoms with van der Waals surface area (Å²) in [6.45, 7) is 9.01. The molecule has 0 spiro atoms. The quantitative estimate of drug-likeness (QED) is 0.845. The van der Waals surface area contributed by atoms with Crippen LogP contribution in [-0.2, 0) is 0 Å². The highest BCUT2D eigenvalue weighted by molar-refractivity contribution is 5.29. The first-order valence-corrected chi connectivity index (χ1v) is 8.28. The highest BCUT2D eigenvalue weighted by Gasteiger charge is 2.29. The summed E-state index contributed by atoms with van der Waals surface area (Å²) in [6, 6.07) is 0.644. The van der Waals surface area contributed by atoms with E-state index in [4.69, 9.17) is 0 Å². The maximum absolute atomic E-state index is 12.9. The van der Waals surface area contributed by atoms with E-state index < -0.39 is 0 Å². The van der Waals surface area contributed by atoms with Crippen molar-refractivity contribution in [2.75, 3.05) is 51.2 Å². The number of hydrogen-bond donors (Lipinski definition) is 0. The summed E-state index contributed by atoms with van der Waals surface area (Å²) in [5, 5.41) is 0. The third-order valence-corrected chi connectivity index (χ3v) is 5.23. The molecule has 0 amide bonds. The van der Waals surface area contributed by atoms with Crippen molar-refractivity contribution in [3.05, 3.63) is 18.2 Å². The van der Waals surface area contributed by atoms with E-state index in [0.29, 0.717) is 12.0 Å². The molecule has 6 heteroatoms. The standard InChI is InChI=1S/C16H26FN5/c1-13(21-9-7-20(2)8-10-21)14-3-5-22(6-4-14)16-18-11-15(17)12-19-16/h11-14H,3-10H2,1-2H3. The van der Waals surface area contributed by atoms with Crippen LogP contribution in [0.4, 0.5) is 10.3 Å². The normalized spacial score (nSPS) is 23.7. The van der Waals surface area contributed by atoms with Gasteiger partial charge < -0.3 is 9.80 Å². The van der Waals surface area contributed by atoms with Gasteiger partial charge in [-0.05, 0) is 32.7 Å². The van der Waals surface area contributed by atoms with Crippen LogP contribution in [0.5, 0.6) is 0 Å². The maximum Gasteiger partial charge on any atom is 0.225 e. The lowest BCUT2D eigenvalue weighted by Gasteiger charge is -2.42. The first kappa shape index (κ1) is 15.6. The Labute approximate surface area is 132 Å². The van der Waals surface area contributed by atoms with Crippen LogP contribution < -0.4 is 4.90 Å². The molecule has 122 valence electrons. The number of anilines is 1. The molecule has 1 aromatic rings. The molecule has 2 aliphatic heterocycles. The van der Waals surface area contributed by atoms with Crippen molar-refractivity contribution >= 4 is 5.95 Å². The highest BCUT2D eigenvalue weighted by atomic mass is 19.1. The Hall–Kier alpha value is -1.27. The van der Waals surface area contributed by atoms with Crippen molar-refractivity contribution < 1.29 is 4.39 Å². The van der Waals surface area contributed by atoms with E-state index in [-0.39, 0.29) is 5.82 Å². The van der Waals surface area contributed by atoms with E-state index in [0.717, 1.165) is 31.8 Å². The zero-order valence-electron chi connectivity index (χ0n) is 13.6. The minimum absolute atomic E-state index is 0.373. The number of piperazine rings is 1. The van der Waals surface area contributed by atoms with Gasteiger partial charge in [0.25, 0.3) is 0 Å². The molecule has 22 heavy (non-hydrogen) atoms. The number of hydrogen-bond acceptors (Lipinski definition) is 5. The minimum atomic E-state index is -0.373. The van der Waals surface area contributed by atoms with Gasteiger partial charge in [-0.2, -0.15) is 0 Å². The third-order valence-electron chi connectivity index (χ3n) is 5.23. The second-order valence-electron chi connectivity index (χ2n) is 6.61. The molecule has 0 saturated carbocycles. The van der Waals surface area contributed by atoms with Gasteiger partial charge in [-0.3, -0.25) is 4.90 Å². The number of halogens is 1. The van der Waals surface area contributed by atoms with Crippen molar-refractivity contribution in [3.63, 3.8) is 0 Å². The second kappa shape index (κ2) is 6.87. The molecular weight excluding hydrogens is 281 g/mol. The molecule has 1 unspecified atom stereocenters. The Kier molecular flexibility index (Phi) is 4.88. The molecule has 2 fully saturated rings. The van der Waals surface area contributed by atoms with Crippen LogP contribution in [0.2, 0.25) is 0 Å².